The van der Waals surface area contributed by atoms with Gasteiger partial charge in [-0.3, -0.25) is 4.79 Å². The molecule has 4 rings (SSSR count). The predicted octanol–water partition coefficient (Wildman–Crippen LogP) is 3.72. The van der Waals surface area contributed by atoms with Crippen LogP contribution in [0.2, 0.25) is 0 Å². The summed E-state index contributed by atoms with van der Waals surface area (Å²) in [6.45, 7) is 2.73. The number of amidine groups is 1. The number of methoxy groups -OCH3 is 1. The highest BCUT2D eigenvalue weighted by molar-refractivity contribution is 8.16. The number of aliphatic imine (C=N–C) groups is 1. The van der Waals surface area contributed by atoms with Gasteiger partial charge in [0.2, 0.25) is 0 Å². The molecule has 33 heavy (non-hydrogen) atoms. The summed E-state index contributed by atoms with van der Waals surface area (Å²) in [5.74, 6) is 1.32. The number of amides is 1. The lowest BCUT2D eigenvalue weighted by atomic mass is 10.1. The van der Waals surface area contributed by atoms with Crippen LogP contribution in [0.5, 0.6) is 11.5 Å². The van der Waals surface area contributed by atoms with Crippen molar-refractivity contribution < 1.29 is 22.7 Å². The number of ether oxygens (including phenoxy) is 2. The molecule has 2 aliphatic heterocycles. The molecule has 0 aromatic heterocycles. The maximum absolute atomic E-state index is 12.8. The number of carbonyl (C=O) groups is 1. The molecular weight excluding hydrogens is 460 g/mol. The molecule has 2 aliphatic rings. The third-order valence-corrected chi connectivity index (χ3v) is 8.87. The van der Waals surface area contributed by atoms with Crippen LogP contribution in [0.3, 0.4) is 0 Å². The molecule has 0 aliphatic carbocycles. The molecule has 2 aromatic rings. The van der Waals surface area contributed by atoms with Crippen LogP contribution in [0.4, 0.5) is 5.69 Å². The van der Waals surface area contributed by atoms with E-state index in [9.17, 15) is 13.2 Å². The van der Waals surface area contributed by atoms with Crippen LogP contribution >= 0.6 is 11.8 Å². The third-order valence-electron chi connectivity index (χ3n) is 5.66. The molecule has 9 heteroatoms. The highest BCUT2D eigenvalue weighted by atomic mass is 32.2. The Hall–Kier alpha value is -2.52. The zero-order valence-corrected chi connectivity index (χ0v) is 20.4. The Labute approximate surface area is 199 Å². The highest BCUT2D eigenvalue weighted by Crippen LogP contribution is 2.41. The molecule has 0 N–H and O–H groups in total. The van der Waals surface area contributed by atoms with Crippen molar-refractivity contribution >= 4 is 38.4 Å². The first-order valence-corrected chi connectivity index (χ1v) is 13.7. The van der Waals surface area contributed by atoms with Crippen molar-refractivity contribution in [3.05, 3.63) is 54.1 Å². The fourth-order valence-corrected chi connectivity index (χ4v) is 7.92. The second-order valence-corrected chi connectivity index (χ2v) is 11.5. The average molecular weight is 489 g/mol. The van der Waals surface area contributed by atoms with Gasteiger partial charge in [0, 0.05) is 17.0 Å². The summed E-state index contributed by atoms with van der Waals surface area (Å²) in [7, 11) is -1.53. The number of carbonyl (C=O) groups excluding carboxylic acids is 1. The fourth-order valence-electron chi connectivity index (χ4n) is 3.99. The van der Waals surface area contributed by atoms with Crippen molar-refractivity contribution in [1.29, 1.82) is 0 Å². The molecule has 1 amide bonds. The van der Waals surface area contributed by atoms with Gasteiger partial charge in [0.25, 0.3) is 5.91 Å². The van der Waals surface area contributed by atoms with Crippen molar-refractivity contribution in [2.45, 2.75) is 37.5 Å². The van der Waals surface area contributed by atoms with Crippen LogP contribution in [-0.4, -0.2) is 56.0 Å². The predicted molar refractivity (Wildman–Crippen MR) is 132 cm³/mol. The Kier molecular flexibility index (Phi) is 7.29. The van der Waals surface area contributed by atoms with E-state index >= 15 is 0 Å². The number of hydrogen-bond acceptors (Lipinski definition) is 6. The molecule has 0 bridgehead atoms. The number of hydrogen-bond donors (Lipinski definition) is 0. The van der Waals surface area contributed by atoms with E-state index in [-0.39, 0.29) is 35.1 Å². The normalized spacial score (nSPS) is 22.4. The maximum atomic E-state index is 12.8. The lowest BCUT2D eigenvalue weighted by molar-refractivity contribution is -0.117. The Bertz CT molecular complexity index is 1130. The fraction of sp³-hybridized carbons (Fsp3) is 0.417. The van der Waals surface area contributed by atoms with E-state index in [4.69, 9.17) is 9.47 Å². The van der Waals surface area contributed by atoms with E-state index in [0.717, 1.165) is 35.6 Å². The van der Waals surface area contributed by atoms with Crippen LogP contribution in [0.25, 0.3) is 0 Å². The van der Waals surface area contributed by atoms with Crippen LogP contribution in [-0.2, 0) is 21.1 Å². The summed E-state index contributed by atoms with van der Waals surface area (Å²) < 4.78 is 35.6. The number of benzene rings is 2. The molecule has 0 radical (unpaired) electrons. The first kappa shape index (κ1) is 23.6. The van der Waals surface area contributed by atoms with Gasteiger partial charge >= 0.3 is 0 Å². The summed E-state index contributed by atoms with van der Waals surface area (Å²) in [6, 6.07) is 14.6. The van der Waals surface area contributed by atoms with Gasteiger partial charge in [0.15, 0.2) is 15.0 Å². The standard InChI is InChI=1S/C24H28N2O5S2/c1-3-4-12-31-20-7-5-6-18(14-20)26-21-15-33(28,29)16-22(21)32-24(26)25-23(27)13-17-8-10-19(30-2)11-9-17/h5-11,14,21-22H,3-4,12-13,15-16H2,1-2H3/t21-,22-/m1/s1. The Balaban J connectivity index is 1.58. The molecule has 2 fully saturated rings. The molecule has 0 spiro atoms. The van der Waals surface area contributed by atoms with Gasteiger partial charge < -0.3 is 14.4 Å². The van der Waals surface area contributed by atoms with Crippen LogP contribution in [0, 0.1) is 0 Å². The number of anilines is 1. The van der Waals surface area contributed by atoms with E-state index in [0.29, 0.717) is 11.8 Å². The molecule has 2 heterocycles. The van der Waals surface area contributed by atoms with E-state index in [1.807, 2.05) is 53.4 Å². The van der Waals surface area contributed by atoms with Gasteiger partial charge in [-0.25, -0.2) is 8.42 Å². The van der Waals surface area contributed by atoms with Crippen molar-refractivity contribution in [3.8, 4) is 11.5 Å². The lowest BCUT2D eigenvalue weighted by Crippen LogP contribution is -2.37. The van der Waals surface area contributed by atoms with Gasteiger partial charge in [0.05, 0.1) is 37.7 Å². The smallest absolute Gasteiger partial charge is 0.252 e. The third kappa shape index (κ3) is 5.70. The quantitative estimate of drug-likeness (QED) is 0.524. The Morgan fingerprint density at radius 3 is 2.67 bits per heavy atom. The lowest BCUT2D eigenvalue weighted by Gasteiger charge is -2.25. The minimum Gasteiger partial charge on any atom is -0.497 e. The van der Waals surface area contributed by atoms with E-state index in [1.165, 1.54) is 11.8 Å². The molecule has 7 nitrogen and oxygen atoms in total. The van der Waals surface area contributed by atoms with Crippen LogP contribution in [0.15, 0.2) is 53.5 Å². The van der Waals surface area contributed by atoms with Gasteiger partial charge in [0.1, 0.15) is 11.5 Å². The summed E-state index contributed by atoms with van der Waals surface area (Å²) in [4.78, 5) is 19.1. The first-order chi connectivity index (χ1) is 15.9. The van der Waals surface area contributed by atoms with Gasteiger partial charge in [-0.2, -0.15) is 4.99 Å². The minimum absolute atomic E-state index is 0.0529. The summed E-state index contributed by atoms with van der Waals surface area (Å²) in [6.07, 6.45) is 2.16. The van der Waals surface area contributed by atoms with Gasteiger partial charge in [-0.1, -0.05) is 43.3 Å². The first-order valence-electron chi connectivity index (χ1n) is 11.0. The molecule has 2 saturated heterocycles. The van der Waals surface area contributed by atoms with E-state index in [2.05, 4.69) is 11.9 Å². The number of sulfone groups is 1. The van der Waals surface area contributed by atoms with Crippen LogP contribution < -0.4 is 14.4 Å². The van der Waals surface area contributed by atoms with Gasteiger partial charge in [-0.15, -0.1) is 0 Å². The molecule has 2 atom stereocenters. The average Bonchev–Trinajstić information content (AvgIpc) is 3.25. The van der Waals surface area contributed by atoms with E-state index in [1.54, 1.807) is 7.11 Å². The van der Waals surface area contributed by atoms with E-state index < -0.39 is 9.84 Å². The highest BCUT2D eigenvalue weighted by Gasteiger charge is 2.49. The zero-order chi connectivity index (χ0) is 23.4. The van der Waals surface area contributed by atoms with Crippen molar-refractivity contribution in [3.63, 3.8) is 0 Å². The largest absolute Gasteiger partial charge is 0.497 e. The van der Waals surface area contributed by atoms with Gasteiger partial charge in [-0.05, 0) is 36.2 Å². The number of thioether (sulfide) groups is 1. The molecular formula is C24H28N2O5S2. The Morgan fingerprint density at radius 1 is 1.15 bits per heavy atom. The number of rotatable bonds is 8. The molecule has 0 unspecified atom stereocenters. The molecule has 0 saturated carbocycles. The molecule has 2 aromatic carbocycles. The monoisotopic (exact) mass is 488 g/mol. The minimum atomic E-state index is -3.13. The summed E-state index contributed by atoms with van der Waals surface area (Å²) in [5.41, 5.74) is 1.63. The Morgan fingerprint density at radius 2 is 1.94 bits per heavy atom. The van der Waals surface area contributed by atoms with Crippen molar-refractivity contribution in [2.75, 3.05) is 30.1 Å². The second-order valence-electron chi connectivity index (χ2n) is 8.18. The van der Waals surface area contributed by atoms with Crippen molar-refractivity contribution in [1.82, 2.24) is 0 Å². The zero-order valence-electron chi connectivity index (χ0n) is 18.8. The SMILES string of the molecule is CCCCOc1cccc(N2C(=NC(=O)Cc3ccc(OC)cc3)S[C@@H]3CS(=O)(=O)C[C@H]32)c1. The number of unbranched alkanes of at least 4 members (excludes halogenated alkanes) is 1. The molecule has 176 valence electrons. The summed E-state index contributed by atoms with van der Waals surface area (Å²) in [5, 5.41) is 0.399. The maximum Gasteiger partial charge on any atom is 0.252 e. The number of fused-ring (bicyclic) bond motifs is 1. The number of nitrogens with zero attached hydrogens (tertiary/aromatic N) is 2. The van der Waals surface area contributed by atoms with Crippen LogP contribution in [0.1, 0.15) is 25.3 Å². The van der Waals surface area contributed by atoms with Crippen molar-refractivity contribution in [2.24, 2.45) is 4.99 Å². The summed E-state index contributed by atoms with van der Waals surface area (Å²) >= 11 is 1.37. The topological polar surface area (TPSA) is 85.3 Å². The second kappa shape index (κ2) is 10.2.